The highest BCUT2D eigenvalue weighted by Crippen LogP contribution is 2.56. The minimum atomic E-state index is -3.52. The molecule has 0 bridgehead atoms. The van der Waals surface area contributed by atoms with Crippen LogP contribution in [0.4, 0.5) is 0 Å². The highest BCUT2D eigenvalue weighted by molar-refractivity contribution is 7.63. The molecule has 0 saturated carbocycles. The summed E-state index contributed by atoms with van der Waals surface area (Å²) in [5.74, 6) is 0.963. The zero-order chi connectivity index (χ0) is 16.3. The van der Waals surface area contributed by atoms with E-state index in [4.69, 9.17) is 9.05 Å². The van der Waals surface area contributed by atoms with Crippen LogP contribution in [0.15, 0.2) is 85.2 Å². The Morgan fingerprint density at radius 1 is 1.13 bits per heavy atom. The highest BCUT2D eigenvalue weighted by atomic mass is 31.2. The van der Waals surface area contributed by atoms with Gasteiger partial charge in [0.2, 0.25) is 0 Å². The summed E-state index contributed by atoms with van der Waals surface area (Å²) in [6.07, 6.45) is 6.88. The first-order valence-electron chi connectivity index (χ1n) is 7.31. The molecule has 1 atom stereocenters. The fourth-order valence-electron chi connectivity index (χ4n) is 2.42. The van der Waals surface area contributed by atoms with E-state index < -0.39 is 7.60 Å². The average Bonchev–Trinajstić information content (AvgIpc) is 2.59. The molecule has 116 valence electrons. The monoisotopic (exact) mass is 324 g/mol. The number of benzene rings is 2. The fraction of sp³-hybridized carbons (Fsp3) is 0.0526. The zero-order valence-electron chi connectivity index (χ0n) is 12.8. The predicted molar refractivity (Wildman–Crippen MR) is 93.9 cm³/mol. The van der Waals surface area contributed by atoms with Gasteiger partial charge in [-0.2, -0.15) is 0 Å². The van der Waals surface area contributed by atoms with Crippen molar-refractivity contribution in [1.29, 1.82) is 0 Å². The number of para-hydroxylation sites is 1. The third kappa shape index (κ3) is 2.88. The summed E-state index contributed by atoms with van der Waals surface area (Å²) in [7, 11) is -3.52. The molecular formula is C19H17O3P. The van der Waals surface area contributed by atoms with E-state index >= 15 is 0 Å². The maximum Gasteiger partial charge on any atom is 0.463 e. The number of rotatable bonds is 4. The van der Waals surface area contributed by atoms with Crippen molar-refractivity contribution in [2.75, 3.05) is 0 Å². The Morgan fingerprint density at radius 3 is 2.57 bits per heavy atom. The Morgan fingerprint density at radius 2 is 1.83 bits per heavy atom. The van der Waals surface area contributed by atoms with Crippen LogP contribution in [0.5, 0.6) is 5.75 Å². The summed E-state index contributed by atoms with van der Waals surface area (Å²) < 4.78 is 24.9. The number of fused-ring (bicyclic) bond motifs is 3. The lowest BCUT2D eigenvalue weighted by Crippen LogP contribution is -2.19. The topological polar surface area (TPSA) is 35.5 Å². The maximum absolute atomic E-state index is 13.4. The number of hydrogen-bond donors (Lipinski definition) is 0. The zero-order valence-corrected chi connectivity index (χ0v) is 13.7. The molecule has 0 radical (unpaired) electrons. The van der Waals surface area contributed by atoms with Crippen LogP contribution in [0.25, 0.3) is 11.1 Å². The summed E-state index contributed by atoms with van der Waals surface area (Å²) in [4.78, 5) is 0. The normalized spacial score (nSPS) is 19.6. The van der Waals surface area contributed by atoms with Crippen LogP contribution in [0, 0.1) is 0 Å². The molecule has 0 saturated heterocycles. The van der Waals surface area contributed by atoms with Gasteiger partial charge in [-0.3, -0.25) is 0 Å². The van der Waals surface area contributed by atoms with Crippen LogP contribution < -0.4 is 9.83 Å². The van der Waals surface area contributed by atoms with Gasteiger partial charge in [-0.1, -0.05) is 55.1 Å². The Kier molecular flexibility index (Phi) is 4.22. The van der Waals surface area contributed by atoms with Crippen LogP contribution in [0.1, 0.15) is 6.92 Å². The van der Waals surface area contributed by atoms with Crippen molar-refractivity contribution < 1.29 is 13.6 Å². The van der Waals surface area contributed by atoms with Gasteiger partial charge in [0, 0.05) is 11.1 Å². The van der Waals surface area contributed by atoms with E-state index in [-0.39, 0.29) is 0 Å². The molecular weight excluding hydrogens is 307 g/mol. The minimum Gasteiger partial charge on any atom is -0.413 e. The first kappa shape index (κ1) is 15.4. The van der Waals surface area contributed by atoms with Crippen molar-refractivity contribution in [1.82, 2.24) is 0 Å². The lowest BCUT2D eigenvalue weighted by atomic mass is 10.0. The Hall–Kier alpha value is -2.51. The minimum absolute atomic E-state index is 0.403. The second kappa shape index (κ2) is 6.31. The molecule has 1 heterocycles. The predicted octanol–water partition coefficient (Wildman–Crippen LogP) is 5.23. The molecule has 1 aliphatic rings. The van der Waals surface area contributed by atoms with Gasteiger partial charge in [0.25, 0.3) is 0 Å². The fourth-order valence-corrected chi connectivity index (χ4v) is 4.24. The van der Waals surface area contributed by atoms with Gasteiger partial charge in [-0.25, -0.2) is 4.57 Å². The maximum atomic E-state index is 13.4. The van der Waals surface area contributed by atoms with Crippen molar-refractivity contribution in [3.8, 4) is 16.9 Å². The molecule has 0 spiro atoms. The van der Waals surface area contributed by atoms with Crippen LogP contribution in [0.2, 0.25) is 0 Å². The molecule has 2 aromatic carbocycles. The summed E-state index contributed by atoms with van der Waals surface area (Å²) in [6.45, 7) is 5.60. The van der Waals surface area contributed by atoms with Crippen molar-refractivity contribution in [2.24, 2.45) is 0 Å². The molecule has 1 unspecified atom stereocenters. The Balaban J connectivity index is 2.11. The van der Waals surface area contributed by atoms with Crippen molar-refractivity contribution in [2.45, 2.75) is 6.92 Å². The molecule has 0 aliphatic carbocycles. The highest BCUT2D eigenvalue weighted by Gasteiger charge is 2.38. The number of allylic oxidation sites excluding steroid dienone is 4. The van der Waals surface area contributed by atoms with Gasteiger partial charge >= 0.3 is 7.60 Å². The van der Waals surface area contributed by atoms with Crippen LogP contribution in [-0.2, 0) is 9.09 Å². The van der Waals surface area contributed by atoms with Gasteiger partial charge in [0.1, 0.15) is 11.5 Å². The third-order valence-corrected chi connectivity index (χ3v) is 5.34. The SMILES string of the molecule is C=C/C(=C\C=C/C)OP1(=O)Oc2ccccc2-c2ccccc21. The van der Waals surface area contributed by atoms with Gasteiger partial charge in [0.15, 0.2) is 0 Å². The molecule has 0 N–H and O–H groups in total. The second-order valence-corrected chi connectivity index (χ2v) is 6.83. The van der Waals surface area contributed by atoms with E-state index in [0.717, 1.165) is 11.1 Å². The third-order valence-electron chi connectivity index (χ3n) is 3.47. The molecule has 0 amide bonds. The Labute approximate surface area is 136 Å². The Bertz CT molecular complexity index is 849. The molecule has 2 aromatic rings. The lowest BCUT2D eigenvalue weighted by Gasteiger charge is -2.28. The van der Waals surface area contributed by atoms with Crippen molar-refractivity contribution >= 4 is 12.9 Å². The van der Waals surface area contributed by atoms with E-state index in [1.54, 1.807) is 24.3 Å². The van der Waals surface area contributed by atoms with Crippen LogP contribution in [0.3, 0.4) is 0 Å². The molecule has 3 nitrogen and oxygen atoms in total. The number of hydrogen-bond acceptors (Lipinski definition) is 3. The average molecular weight is 324 g/mol. The first-order valence-corrected chi connectivity index (χ1v) is 8.86. The standard InChI is InChI=1S/C19H17O3P/c1-3-5-10-15(4-2)21-23(20)19-14-9-7-12-17(19)16-11-6-8-13-18(16)22-23/h3-14H,2H2,1H3/b5-3-,15-10+. The van der Waals surface area contributed by atoms with Crippen molar-refractivity contribution in [3.05, 3.63) is 85.2 Å². The van der Waals surface area contributed by atoms with E-state index in [1.165, 1.54) is 6.08 Å². The smallest absolute Gasteiger partial charge is 0.413 e. The molecule has 4 heteroatoms. The summed E-state index contributed by atoms with van der Waals surface area (Å²) in [5.41, 5.74) is 1.78. The largest absolute Gasteiger partial charge is 0.463 e. The van der Waals surface area contributed by atoms with E-state index in [9.17, 15) is 4.57 Å². The van der Waals surface area contributed by atoms with Gasteiger partial charge in [-0.15, -0.1) is 0 Å². The second-order valence-electron chi connectivity index (χ2n) is 4.99. The quantitative estimate of drug-likeness (QED) is 0.439. The molecule has 23 heavy (non-hydrogen) atoms. The molecule has 1 aliphatic heterocycles. The van der Waals surface area contributed by atoms with Gasteiger partial charge < -0.3 is 9.05 Å². The summed E-state index contributed by atoms with van der Waals surface area (Å²) in [5, 5.41) is 0.562. The first-order chi connectivity index (χ1) is 11.2. The van der Waals surface area contributed by atoms with Crippen LogP contribution >= 0.6 is 7.60 Å². The summed E-state index contributed by atoms with van der Waals surface area (Å²) >= 11 is 0. The molecule has 0 fully saturated rings. The van der Waals surface area contributed by atoms with Crippen LogP contribution in [-0.4, -0.2) is 0 Å². The molecule has 0 aromatic heterocycles. The lowest BCUT2D eigenvalue weighted by molar-refractivity contribution is 0.350. The summed E-state index contributed by atoms with van der Waals surface area (Å²) in [6, 6.07) is 15.0. The van der Waals surface area contributed by atoms with Gasteiger partial charge in [0.05, 0.1) is 5.30 Å². The van der Waals surface area contributed by atoms with E-state index in [2.05, 4.69) is 6.58 Å². The molecule has 3 rings (SSSR count). The van der Waals surface area contributed by atoms with E-state index in [0.29, 0.717) is 16.8 Å². The van der Waals surface area contributed by atoms with Crippen molar-refractivity contribution in [3.63, 3.8) is 0 Å². The van der Waals surface area contributed by atoms with E-state index in [1.807, 2.05) is 49.4 Å². The van der Waals surface area contributed by atoms with Gasteiger partial charge in [-0.05, 0) is 31.2 Å².